The van der Waals surface area contributed by atoms with Crippen LogP contribution in [0.15, 0.2) is 138 Å². The summed E-state index contributed by atoms with van der Waals surface area (Å²) in [4.78, 5) is -1.41. The molecule has 0 bridgehead atoms. The maximum atomic E-state index is 12.2. The zero-order valence-electron chi connectivity index (χ0n) is 24.2. The third kappa shape index (κ3) is 9.32. The zero-order chi connectivity index (χ0) is 31.5. The van der Waals surface area contributed by atoms with Gasteiger partial charge in [0.1, 0.15) is 26.4 Å². The van der Waals surface area contributed by atoms with Crippen molar-refractivity contribution in [2.24, 2.45) is 30.7 Å². The van der Waals surface area contributed by atoms with Crippen molar-refractivity contribution in [2.75, 3.05) is 5.73 Å². The first-order chi connectivity index (χ1) is 20.9. The van der Waals surface area contributed by atoms with Gasteiger partial charge in [0, 0.05) is 5.69 Å². The summed E-state index contributed by atoms with van der Waals surface area (Å²) in [6.45, 7) is 0. The minimum atomic E-state index is -5.05. The molecule has 0 atom stereocenters. The van der Waals surface area contributed by atoms with E-state index in [-0.39, 0.29) is 98.4 Å². The van der Waals surface area contributed by atoms with Gasteiger partial charge in [-0.2, -0.15) is 28.9 Å². The molecule has 5 aromatic carbocycles. The molecule has 0 saturated heterocycles. The van der Waals surface area contributed by atoms with Gasteiger partial charge in [0.2, 0.25) is 0 Å². The molecule has 0 saturated carbocycles. The second-order valence-electron chi connectivity index (χ2n) is 9.09. The molecule has 14 nitrogen and oxygen atoms in total. The van der Waals surface area contributed by atoms with E-state index < -0.39 is 30.0 Å². The molecule has 0 aliphatic carbocycles. The van der Waals surface area contributed by atoms with Crippen LogP contribution in [0, 0.1) is 0 Å². The summed E-state index contributed by atoms with van der Waals surface area (Å²) in [5, 5.41) is 35.8. The van der Waals surface area contributed by atoms with Crippen molar-refractivity contribution in [3.05, 3.63) is 97.1 Å². The predicted octanol–water partition coefficient (Wildman–Crippen LogP) is 0.901. The molecule has 0 unspecified atom stereocenters. The van der Waals surface area contributed by atoms with Crippen molar-refractivity contribution in [1.29, 1.82) is 0 Å². The molecule has 0 amide bonds. The monoisotopic (exact) mass is 675 g/mol. The third-order valence-corrected chi connectivity index (χ3v) is 7.72. The summed E-state index contributed by atoms with van der Waals surface area (Å²) in [7, 11) is -9.91. The number of benzene rings is 5. The Bertz CT molecular complexity index is 2200. The smallest absolute Gasteiger partial charge is 0.871 e. The van der Waals surface area contributed by atoms with Gasteiger partial charge in [0.25, 0.3) is 10.1 Å². The number of anilines is 1. The number of azo groups is 3. The van der Waals surface area contributed by atoms with Gasteiger partial charge in [-0.15, -0.1) is 10.2 Å². The van der Waals surface area contributed by atoms with E-state index in [9.17, 15) is 31.0 Å². The molecule has 0 aliphatic heterocycles. The van der Waals surface area contributed by atoms with Gasteiger partial charge in [0.15, 0.2) is 0 Å². The van der Waals surface area contributed by atoms with Crippen LogP contribution in [0.4, 0.5) is 39.8 Å². The third-order valence-electron chi connectivity index (χ3n) is 5.97. The van der Waals surface area contributed by atoms with Gasteiger partial charge in [-0.3, -0.25) is 4.55 Å². The Kier molecular flexibility index (Phi) is 12.4. The molecule has 0 aromatic heterocycles. The van der Waals surface area contributed by atoms with Crippen molar-refractivity contribution in [2.45, 2.75) is 9.79 Å². The van der Waals surface area contributed by atoms with Gasteiger partial charge in [-0.1, -0.05) is 23.9 Å². The molecular weight excluding hydrogens is 656 g/mol. The number of rotatable bonds is 8. The van der Waals surface area contributed by atoms with Crippen LogP contribution in [0.1, 0.15) is 0 Å². The van der Waals surface area contributed by atoms with Crippen LogP contribution in [0.3, 0.4) is 0 Å². The molecule has 5 rings (SSSR count). The first-order valence-corrected chi connectivity index (χ1v) is 15.2. The van der Waals surface area contributed by atoms with Gasteiger partial charge in [-0.25, -0.2) is 8.42 Å². The summed E-state index contributed by atoms with van der Waals surface area (Å²) in [6, 6.07) is 23.1. The summed E-state index contributed by atoms with van der Waals surface area (Å²) >= 11 is 0. The number of nitrogen functional groups attached to an aromatic ring is 1. The fourth-order valence-electron chi connectivity index (χ4n) is 3.85. The minimum Gasteiger partial charge on any atom is -0.871 e. The molecule has 222 valence electrons. The van der Waals surface area contributed by atoms with Gasteiger partial charge < -0.3 is 15.4 Å². The van der Waals surface area contributed by atoms with Crippen LogP contribution in [-0.4, -0.2) is 25.9 Å². The first-order valence-electron chi connectivity index (χ1n) is 12.4. The van der Waals surface area contributed by atoms with E-state index in [1.54, 1.807) is 42.5 Å². The Morgan fingerprint density at radius 2 is 1.00 bits per heavy atom. The Morgan fingerprint density at radius 3 is 1.52 bits per heavy atom. The molecule has 18 heteroatoms. The predicted molar refractivity (Wildman–Crippen MR) is 157 cm³/mol. The van der Waals surface area contributed by atoms with E-state index in [2.05, 4.69) is 30.7 Å². The Labute approximate surface area is 307 Å². The van der Waals surface area contributed by atoms with Crippen LogP contribution in [0.25, 0.3) is 10.8 Å². The van der Waals surface area contributed by atoms with Gasteiger partial charge in [0.05, 0.1) is 27.6 Å². The van der Waals surface area contributed by atoms with Gasteiger partial charge in [-0.05, 0) is 89.6 Å². The van der Waals surface area contributed by atoms with Crippen molar-refractivity contribution in [3.8, 4) is 5.75 Å². The molecule has 46 heavy (non-hydrogen) atoms. The summed E-state index contributed by atoms with van der Waals surface area (Å²) < 4.78 is 70.2. The first kappa shape index (κ1) is 37.0. The Morgan fingerprint density at radius 1 is 0.565 bits per heavy atom. The molecule has 0 spiro atoms. The second kappa shape index (κ2) is 15.4. The summed E-state index contributed by atoms with van der Waals surface area (Å²) in [6.07, 6.45) is 0. The van der Waals surface area contributed by atoms with E-state index in [1.807, 2.05) is 0 Å². The van der Waals surface area contributed by atoms with Crippen LogP contribution < -0.4 is 70.0 Å². The Hall–Kier alpha value is -3.42. The number of hydrogen-bond acceptors (Lipinski definition) is 13. The molecule has 0 fully saturated rings. The number of hydrogen-bond donors (Lipinski definition) is 2. The van der Waals surface area contributed by atoms with Crippen molar-refractivity contribution < 1.29 is 90.2 Å². The van der Waals surface area contributed by atoms with Crippen LogP contribution in [0.5, 0.6) is 5.75 Å². The minimum absolute atomic E-state index is 0. The topological polar surface area (TPSA) is 235 Å². The van der Waals surface area contributed by atoms with E-state index in [4.69, 9.17) is 5.73 Å². The Balaban J connectivity index is 0.00000288. The molecule has 5 aromatic rings. The maximum Gasteiger partial charge on any atom is 1.00 e. The molecule has 0 heterocycles. The average molecular weight is 676 g/mol. The van der Waals surface area contributed by atoms with E-state index >= 15 is 0 Å². The van der Waals surface area contributed by atoms with E-state index in [0.717, 1.165) is 12.1 Å². The standard InChI is InChI=1S/C28H21N7O7S2.2Na/c29-23-11-10-22(16-26(23)36)33-30-20-6-8-21(9-7-20)32-35-25-13-17-12-24(34-31-19-4-2-1-3-5-19)27(43(37,38)39)14-18(17)15-28(25)44(40,41)42;;/h1-16,36H,29H2,(H,37,38,39)(H,40,41,42);;/q;2*+1/p-2. The average Bonchev–Trinajstić information content (AvgIpc) is 2.98. The largest absolute Gasteiger partial charge is 1.00 e. The zero-order valence-corrected chi connectivity index (χ0v) is 29.8. The molecule has 0 aliphatic rings. The van der Waals surface area contributed by atoms with Crippen LogP contribution in [-0.2, 0) is 20.2 Å². The maximum absolute atomic E-state index is 12.2. The SMILES string of the molecule is Nc1ccc(N=Nc2ccc(N=Nc3cc4cc(N=Nc5ccccc5)c(S(=O)(=O)[O-])cc4cc3S(=O)(=O)O)cc2)cc1[O-].[Na+].[Na+]. The normalized spacial score (nSPS) is 12.0. The van der Waals surface area contributed by atoms with Crippen molar-refractivity contribution in [3.63, 3.8) is 0 Å². The molecular formula is C28H19N7Na2O7S2. The number of nitrogens with two attached hydrogens (primary N) is 1. The van der Waals surface area contributed by atoms with Crippen molar-refractivity contribution >= 4 is 70.8 Å². The quantitative estimate of drug-likeness (QED) is 0.103. The van der Waals surface area contributed by atoms with E-state index in [1.165, 1.54) is 42.5 Å². The second-order valence-corrected chi connectivity index (χ2v) is 11.8. The van der Waals surface area contributed by atoms with E-state index in [0.29, 0.717) is 17.1 Å². The van der Waals surface area contributed by atoms with Crippen LogP contribution >= 0.6 is 0 Å². The summed E-state index contributed by atoms with van der Waals surface area (Å²) in [5.41, 5.74) is 6.45. The van der Waals surface area contributed by atoms with Crippen LogP contribution in [0.2, 0.25) is 0 Å². The number of fused-ring (bicyclic) bond motifs is 1. The fourth-order valence-corrected chi connectivity index (χ4v) is 5.12. The van der Waals surface area contributed by atoms with Gasteiger partial charge >= 0.3 is 59.1 Å². The van der Waals surface area contributed by atoms with Crippen molar-refractivity contribution in [1.82, 2.24) is 0 Å². The molecule has 0 radical (unpaired) electrons. The number of nitrogens with zero attached hydrogens (tertiary/aromatic N) is 6. The summed E-state index contributed by atoms with van der Waals surface area (Å²) in [5.74, 6) is -0.376. The fraction of sp³-hybridized carbons (Fsp3) is 0. The molecule has 3 N–H and O–H groups in total.